The standard InChI is InChI=1S/C16H19BO3/c1-15(2)16(3,4)20-17(19-15)14-12-8-6-5-7-11(12)9-10-13(14)18/h5-10,18H,1-4H3. The van der Waals surface area contributed by atoms with Gasteiger partial charge in [-0.25, -0.2) is 0 Å². The molecule has 1 aliphatic heterocycles. The predicted molar refractivity (Wildman–Crippen MR) is 81.3 cm³/mol. The van der Waals surface area contributed by atoms with Gasteiger partial charge < -0.3 is 14.4 Å². The first kappa shape index (κ1) is 13.5. The number of fused-ring (bicyclic) bond motifs is 1. The molecule has 0 unspecified atom stereocenters. The Morgan fingerprint density at radius 3 is 2.15 bits per heavy atom. The van der Waals surface area contributed by atoms with E-state index < -0.39 is 18.3 Å². The molecule has 0 bridgehead atoms. The first-order valence-electron chi connectivity index (χ1n) is 6.88. The number of hydrogen-bond donors (Lipinski definition) is 1. The van der Waals surface area contributed by atoms with E-state index in [4.69, 9.17) is 9.31 Å². The van der Waals surface area contributed by atoms with Gasteiger partial charge >= 0.3 is 7.12 Å². The summed E-state index contributed by atoms with van der Waals surface area (Å²) in [6.45, 7) is 8.04. The highest BCUT2D eigenvalue weighted by Crippen LogP contribution is 2.37. The Hall–Kier alpha value is -1.52. The molecule has 0 aliphatic carbocycles. The van der Waals surface area contributed by atoms with Crippen molar-refractivity contribution in [1.82, 2.24) is 0 Å². The monoisotopic (exact) mass is 270 g/mol. The van der Waals surface area contributed by atoms with E-state index in [1.165, 1.54) is 0 Å². The van der Waals surface area contributed by atoms with Crippen molar-refractivity contribution < 1.29 is 14.4 Å². The van der Waals surface area contributed by atoms with E-state index in [-0.39, 0.29) is 5.75 Å². The molecule has 104 valence electrons. The highest BCUT2D eigenvalue weighted by molar-refractivity contribution is 6.66. The van der Waals surface area contributed by atoms with Crippen molar-refractivity contribution in [2.45, 2.75) is 38.9 Å². The van der Waals surface area contributed by atoms with Gasteiger partial charge in [-0.15, -0.1) is 0 Å². The van der Waals surface area contributed by atoms with Gasteiger partial charge in [-0.3, -0.25) is 0 Å². The molecule has 2 aromatic carbocycles. The van der Waals surface area contributed by atoms with Crippen molar-refractivity contribution in [2.75, 3.05) is 0 Å². The fourth-order valence-corrected chi connectivity index (χ4v) is 2.49. The van der Waals surface area contributed by atoms with Crippen LogP contribution in [0.3, 0.4) is 0 Å². The van der Waals surface area contributed by atoms with Gasteiger partial charge in [0.05, 0.1) is 11.2 Å². The summed E-state index contributed by atoms with van der Waals surface area (Å²) in [6.07, 6.45) is 0. The van der Waals surface area contributed by atoms with Crippen molar-refractivity contribution in [1.29, 1.82) is 0 Å². The maximum atomic E-state index is 10.2. The summed E-state index contributed by atoms with van der Waals surface area (Å²) in [5, 5.41) is 12.3. The molecular formula is C16H19BO3. The van der Waals surface area contributed by atoms with Gasteiger partial charge in [0.25, 0.3) is 0 Å². The van der Waals surface area contributed by atoms with Gasteiger partial charge in [-0.1, -0.05) is 30.3 Å². The lowest BCUT2D eigenvalue weighted by Crippen LogP contribution is -2.41. The molecule has 1 N–H and O–H groups in total. The molecule has 3 nitrogen and oxygen atoms in total. The molecule has 1 fully saturated rings. The lowest BCUT2D eigenvalue weighted by molar-refractivity contribution is 0.00578. The smallest absolute Gasteiger partial charge is 0.499 e. The zero-order valence-corrected chi connectivity index (χ0v) is 12.3. The van der Waals surface area contributed by atoms with Crippen LogP contribution in [-0.2, 0) is 9.31 Å². The molecule has 3 rings (SSSR count). The predicted octanol–water partition coefficient (Wildman–Crippen LogP) is 2.84. The van der Waals surface area contributed by atoms with E-state index in [2.05, 4.69) is 0 Å². The van der Waals surface area contributed by atoms with Gasteiger partial charge in [0.2, 0.25) is 0 Å². The highest BCUT2D eigenvalue weighted by Gasteiger charge is 2.52. The molecule has 0 saturated carbocycles. The minimum absolute atomic E-state index is 0.210. The Balaban J connectivity index is 2.14. The summed E-state index contributed by atoms with van der Waals surface area (Å²) in [7, 11) is -0.550. The number of phenolic OH excluding ortho intramolecular Hbond substituents is 1. The Morgan fingerprint density at radius 1 is 0.900 bits per heavy atom. The quantitative estimate of drug-likeness (QED) is 0.810. The van der Waals surface area contributed by atoms with Crippen molar-refractivity contribution in [3.05, 3.63) is 36.4 Å². The first-order chi connectivity index (χ1) is 9.32. The van der Waals surface area contributed by atoms with E-state index in [0.717, 1.165) is 10.8 Å². The minimum Gasteiger partial charge on any atom is -0.508 e. The zero-order valence-electron chi connectivity index (χ0n) is 12.3. The molecule has 1 aliphatic rings. The maximum Gasteiger partial charge on any atom is 0.499 e. The molecule has 0 amide bonds. The van der Waals surface area contributed by atoms with Crippen molar-refractivity contribution in [3.8, 4) is 5.75 Å². The van der Waals surface area contributed by atoms with Gasteiger partial charge in [0.1, 0.15) is 5.75 Å². The fraction of sp³-hybridized carbons (Fsp3) is 0.375. The largest absolute Gasteiger partial charge is 0.508 e. The van der Waals surface area contributed by atoms with Crippen molar-refractivity contribution >= 4 is 23.4 Å². The molecular weight excluding hydrogens is 251 g/mol. The van der Waals surface area contributed by atoms with E-state index in [1.54, 1.807) is 6.07 Å². The molecule has 0 atom stereocenters. The van der Waals surface area contributed by atoms with Crippen LogP contribution in [0, 0.1) is 0 Å². The normalized spacial score (nSPS) is 20.5. The van der Waals surface area contributed by atoms with Crippen LogP contribution in [0.4, 0.5) is 0 Å². The highest BCUT2D eigenvalue weighted by atomic mass is 16.7. The molecule has 4 heteroatoms. The second-order valence-corrected chi connectivity index (χ2v) is 6.31. The first-order valence-corrected chi connectivity index (χ1v) is 6.88. The second-order valence-electron chi connectivity index (χ2n) is 6.31. The maximum absolute atomic E-state index is 10.2. The van der Waals surface area contributed by atoms with Crippen molar-refractivity contribution in [2.24, 2.45) is 0 Å². The zero-order chi connectivity index (χ0) is 14.5. The van der Waals surface area contributed by atoms with Crippen LogP contribution in [0.1, 0.15) is 27.7 Å². The lowest BCUT2D eigenvalue weighted by atomic mass is 9.75. The Morgan fingerprint density at radius 2 is 1.50 bits per heavy atom. The summed E-state index contributed by atoms with van der Waals surface area (Å²) in [5.41, 5.74) is -0.121. The Labute approximate surface area is 119 Å². The number of rotatable bonds is 1. The Bertz CT molecular complexity index is 648. The van der Waals surface area contributed by atoms with E-state index >= 15 is 0 Å². The molecule has 20 heavy (non-hydrogen) atoms. The molecule has 0 aromatic heterocycles. The summed E-state index contributed by atoms with van der Waals surface area (Å²) in [6, 6.07) is 11.5. The number of phenols is 1. The molecule has 0 radical (unpaired) electrons. The average molecular weight is 270 g/mol. The van der Waals surface area contributed by atoms with Crippen LogP contribution in [0.5, 0.6) is 5.75 Å². The van der Waals surface area contributed by atoms with Crippen LogP contribution < -0.4 is 5.46 Å². The summed E-state index contributed by atoms with van der Waals surface area (Å²) in [5.74, 6) is 0.210. The summed E-state index contributed by atoms with van der Waals surface area (Å²) < 4.78 is 12.1. The van der Waals surface area contributed by atoms with E-state index in [0.29, 0.717) is 5.46 Å². The van der Waals surface area contributed by atoms with Gasteiger partial charge in [-0.2, -0.15) is 0 Å². The van der Waals surface area contributed by atoms with E-state index in [9.17, 15) is 5.11 Å². The van der Waals surface area contributed by atoms with Crippen molar-refractivity contribution in [3.63, 3.8) is 0 Å². The van der Waals surface area contributed by atoms with Crippen LogP contribution in [0.2, 0.25) is 0 Å². The van der Waals surface area contributed by atoms with Crippen LogP contribution >= 0.6 is 0 Å². The number of benzene rings is 2. The van der Waals surface area contributed by atoms with Crippen LogP contribution in [-0.4, -0.2) is 23.4 Å². The third-order valence-corrected chi connectivity index (χ3v) is 4.44. The minimum atomic E-state index is -0.550. The third kappa shape index (κ3) is 1.91. The summed E-state index contributed by atoms with van der Waals surface area (Å²) >= 11 is 0. The average Bonchev–Trinajstić information content (AvgIpc) is 2.57. The topological polar surface area (TPSA) is 38.7 Å². The van der Waals surface area contributed by atoms with Gasteiger partial charge in [0, 0.05) is 5.46 Å². The summed E-state index contributed by atoms with van der Waals surface area (Å²) in [4.78, 5) is 0. The van der Waals surface area contributed by atoms with Gasteiger partial charge in [0.15, 0.2) is 0 Å². The molecule has 1 heterocycles. The second kappa shape index (κ2) is 4.24. The van der Waals surface area contributed by atoms with Crippen LogP contribution in [0.25, 0.3) is 10.8 Å². The molecule has 1 saturated heterocycles. The lowest BCUT2D eigenvalue weighted by Gasteiger charge is -2.32. The third-order valence-electron chi connectivity index (χ3n) is 4.44. The number of hydrogen-bond acceptors (Lipinski definition) is 3. The van der Waals surface area contributed by atoms with E-state index in [1.807, 2.05) is 58.0 Å². The van der Waals surface area contributed by atoms with Gasteiger partial charge in [-0.05, 0) is 44.5 Å². The molecule has 0 spiro atoms. The fourth-order valence-electron chi connectivity index (χ4n) is 2.49. The Kier molecular flexibility index (Phi) is 2.85. The molecule has 2 aromatic rings. The van der Waals surface area contributed by atoms with Crippen LogP contribution in [0.15, 0.2) is 36.4 Å². The SMILES string of the molecule is CC1(C)OB(c2c(O)ccc3ccccc23)OC1(C)C. The number of aromatic hydroxyl groups is 1.